The third-order valence-corrected chi connectivity index (χ3v) is 5.15. The summed E-state index contributed by atoms with van der Waals surface area (Å²) in [6, 6.07) is 13.1. The van der Waals surface area contributed by atoms with Gasteiger partial charge in [-0.05, 0) is 30.7 Å². The molecule has 1 N–H and O–H groups in total. The fraction of sp³-hybridized carbons (Fsp3) is 0.125. The van der Waals surface area contributed by atoms with E-state index in [-0.39, 0.29) is 4.90 Å². The first-order chi connectivity index (χ1) is 9.94. The first-order valence-electron chi connectivity index (χ1n) is 6.23. The van der Waals surface area contributed by atoms with Crippen LogP contribution in [0.4, 0.5) is 0 Å². The van der Waals surface area contributed by atoms with E-state index < -0.39 is 16.1 Å². The normalized spacial score (nSPS) is 12.6. The van der Waals surface area contributed by atoms with Crippen LogP contribution in [0.25, 0.3) is 0 Å². The Balaban J connectivity index is 2.33. The fourth-order valence-corrected chi connectivity index (χ4v) is 3.49. The Bertz CT molecular complexity index is 777. The van der Waals surface area contributed by atoms with E-state index >= 15 is 0 Å². The molecule has 0 aliphatic heterocycles. The largest absolute Gasteiger partial charge is 0.241 e. The van der Waals surface area contributed by atoms with Crippen LogP contribution < -0.4 is 4.72 Å². The minimum atomic E-state index is -3.67. The van der Waals surface area contributed by atoms with Crippen molar-refractivity contribution >= 4 is 26.0 Å². The van der Waals surface area contributed by atoms with Crippen LogP contribution in [-0.2, 0) is 10.0 Å². The van der Waals surface area contributed by atoms with Crippen LogP contribution in [-0.4, -0.2) is 8.42 Å². The lowest BCUT2D eigenvalue weighted by molar-refractivity contribution is 0.576. The van der Waals surface area contributed by atoms with Crippen LogP contribution in [0.2, 0.25) is 0 Å². The lowest BCUT2D eigenvalue weighted by atomic mass is 10.1. The van der Waals surface area contributed by atoms with Gasteiger partial charge >= 0.3 is 0 Å². The molecule has 0 heterocycles. The zero-order valence-electron chi connectivity index (χ0n) is 11.4. The Morgan fingerprint density at radius 1 is 1.14 bits per heavy atom. The summed E-state index contributed by atoms with van der Waals surface area (Å²) < 4.78 is 28.1. The van der Waals surface area contributed by atoms with E-state index in [1.165, 1.54) is 0 Å². The molecule has 0 aliphatic carbocycles. The minimum absolute atomic E-state index is 0.195. The van der Waals surface area contributed by atoms with Crippen molar-refractivity contribution in [2.45, 2.75) is 17.9 Å². The Hall–Kier alpha value is -1.61. The number of hydrogen-bond donors (Lipinski definition) is 1. The molecule has 0 fully saturated rings. The molecule has 21 heavy (non-hydrogen) atoms. The summed E-state index contributed by atoms with van der Waals surface area (Å²) in [5, 5.41) is 0. The molecule has 108 valence electrons. The summed E-state index contributed by atoms with van der Waals surface area (Å²) in [6.45, 7) is 1.90. The SMILES string of the molecule is C#CC(NS(=O)(=O)c1ccc(C)cc1)c1ccccc1Br. The molecule has 3 nitrogen and oxygen atoms in total. The molecule has 1 atom stereocenters. The van der Waals surface area contributed by atoms with E-state index in [0.717, 1.165) is 10.0 Å². The molecular weight excluding hydrogens is 350 g/mol. The molecule has 0 radical (unpaired) electrons. The lowest BCUT2D eigenvalue weighted by Crippen LogP contribution is -2.28. The second-order valence-electron chi connectivity index (χ2n) is 4.56. The van der Waals surface area contributed by atoms with E-state index in [1.807, 2.05) is 25.1 Å². The summed E-state index contributed by atoms with van der Waals surface area (Å²) >= 11 is 3.38. The van der Waals surface area contributed by atoms with Gasteiger partial charge < -0.3 is 0 Å². The Morgan fingerprint density at radius 2 is 1.76 bits per heavy atom. The lowest BCUT2D eigenvalue weighted by Gasteiger charge is -2.15. The van der Waals surface area contributed by atoms with Gasteiger partial charge in [-0.1, -0.05) is 57.7 Å². The van der Waals surface area contributed by atoms with Gasteiger partial charge in [0, 0.05) is 4.47 Å². The van der Waals surface area contributed by atoms with Gasteiger partial charge in [0.1, 0.15) is 6.04 Å². The predicted molar refractivity (Wildman–Crippen MR) is 87.2 cm³/mol. The van der Waals surface area contributed by atoms with Gasteiger partial charge in [0.15, 0.2) is 0 Å². The van der Waals surface area contributed by atoms with Crippen molar-refractivity contribution in [3.05, 3.63) is 64.1 Å². The summed E-state index contributed by atoms with van der Waals surface area (Å²) in [7, 11) is -3.67. The van der Waals surface area contributed by atoms with Crippen LogP contribution in [0, 0.1) is 19.3 Å². The molecule has 0 saturated heterocycles. The van der Waals surface area contributed by atoms with Gasteiger partial charge in [-0.15, -0.1) is 6.42 Å². The summed E-state index contributed by atoms with van der Waals surface area (Å²) in [5.41, 5.74) is 1.70. The maximum Gasteiger partial charge on any atom is 0.241 e. The van der Waals surface area contributed by atoms with Crippen LogP contribution in [0.15, 0.2) is 57.9 Å². The molecule has 0 amide bonds. The van der Waals surface area contributed by atoms with Crippen molar-refractivity contribution in [2.75, 3.05) is 0 Å². The third-order valence-electron chi connectivity index (χ3n) is 2.99. The first-order valence-corrected chi connectivity index (χ1v) is 8.51. The topological polar surface area (TPSA) is 46.2 Å². The Labute approximate surface area is 133 Å². The molecule has 2 aromatic carbocycles. The number of rotatable bonds is 4. The number of benzene rings is 2. The molecule has 0 bridgehead atoms. The number of terminal acetylenes is 1. The number of hydrogen-bond acceptors (Lipinski definition) is 2. The minimum Gasteiger partial charge on any atom is -0.207 e. The molecule has 0 spiro atoms. The van der Waals surface area contributed by atoms with Gasteiger partial charge in [-0.25, -0.2) is 8.42 Å². The van der Waals surface area contributed by atoms with Crippen LogP contribution in [0.3, 0.4) is 0 Å². The van der Waals surface area contributed by atoms with E-state index in [4.69, 9.17) is 6.42 Å². The molecule has 2 aromatic rings. The Kier molecular flexibility index (Phi) is 4.84. The van der Waals surface area contributed by atoms with Crippen molar-refractivity contribution < 1.29 is 8.42 Å². The maximum absolute atomic E-state index is 12.4. The van der Waals surface area contributed by atoms with E-state index in [9.17, 15) is 8.42 Å². The second-order valence-corrected chi connectivity index (χ2v) is 7.12. The monoisotopic (exact) mass is 363 g/mol. The van der Waals surface area contributed by atoms with Crippen LogP contribution in [0.5, 0.6) is 0 Å². The van der Waals surface area contributed by atoms with E-state index in [2.05, 4.69) is 26.6 Å². The first kappa shape index (κ1) is 15.8. The number of sulfonamides is 1. The summed E-state index contributed by atoms with van der Waals surface area (Å²) in [6.07, 6.45) is 5.49. The highest BCUT2D eigenvalue weighted by atomic mass is 79.9. The van der Waals surface area contributed by atoms with E-state index in [1.54, 1.807) is 30.3 Å². The number of halogens is 1. The second kappa shape index (κ2) is 6.44. The third kappa shape index (κ3) is 3.73. The van der Waals surface area contributed by atoms with Gasteiger partial charge in [-0.3, -0.25) is 0 Å². The molecule has 0 aliphatic rings. The van der Waals surface area contributed by atoms with Crippen molar-refractivity contribution in [3.63, 3.8) is 0 Å². The molecule has 0 aromatic heterocycles. The van der Waals surface area contributed by atoms with Crippen molar-refractivity contribution in [1.29, 1.82) is 0 Å². The molecule has 2 rings (SSSR count). The van der Waals surface area contributed by atoms with Crippen molar-refractivity contribution in [2.24, 2.45) is 0 Å². The van der Waals surface area contributed by atoms with Crippen LogP contribution >= 0.6 is 15.9 Å². The zero-order chi connectivity index (χ0) is 15.5. The highest BCUT2D eigenvalue weighted by molar-refractivity contribution is 9.10. The molecule has 5 heteroatoms. The van der Waals surface area contributed by atoms with Gasteiger partial charge in [0.05, 0.1) is 4.90 Å². The highest BCUT2D eigenvalue weighted by Crippen LogP contribution is 2.24. The zero-order valence-corrected chi connectivity index (χ0v) is 13.8. The quantitative estimate of drug-likeness (QED) is 0.846. The molecular formula is C16H14BrNO2S. The van der Waals surface area contributed by atoms with Gasteiger partial charge in [0.25, 0.3) is 0 Å². The molecule has 0 saturated carbocycles. The van der Waals surface area contributed by atoms with Crippen molar-refractivity contribution in [1.82, 2.24) is 4.72 Å². The maximum atomic E-state index is 12.4. The van der Waals surface area contributed by atoms with Crippen LogP contribution in [0.1, 0.15) is 17.2 Å². The average molecular weight is 364 g/mol. The molecule has 1 unspecified atom stereocenters. The van der Waals surface area contributed by atoms with Gasteiger partial charge in [0.2, 0.25) is 10.0 Å². The van der Waals surface area contributed by atoms with Crippen molar-refractivity contribution in [3.8, 4) is 12.3 Å². The highest BCUT2D eigenvalue weighted by Gasteiger charge is 2.21. The smallest absolute Gasteiger partial charge is 0.207 e. The summed E-state index contributed by atoms with van der Waals surface area (Å²) in [5.74, 6) is 2.48. The van der Waals surface area contributed by atoms with Gasteiger partial charge in [-0.2, -0.15) is 4.72 Å². The number of aryl methyl sites for hydroxylation is 1. The predicted octanol–water partition coefficient (Wildman–Crippen LogP) is 3.41. The number of nitrogens with one attached hydrogen (secondary N) is 1. The fourth-order valence-electron chi connectivity index (χ4n) is 1.84. The Morgan fingerprint density at radius 3 is 2.33 bits per heavy atom. The average Bonchev–Trinajstić information content (AvgIpc) is 2.46. The standard InChI is InChI=1S/C16H14BrNO2S/c1-3-16(14-6-4-5-7-15(14)17)18-21(19,20)13-10-8-12(2)9-11-13/h1,4-11,16,18H,2H3. The van der Waals surface area contributed by atoms with E-state index in [0.29, 0.717) is 5.56 Å². The summed E-state index contributed by atoms with van der Waals surface area (Å²) in [4.78, 5) is 0.195.